The molecule has 8 heteroatoms. The van der Waals surface area contributed by atoms with E-state index in [1.165, 1.54) is 0 Å². The molecular formula is C18H25ClF2N4O. The lowest BCUT2D eigenvalue weighted by Crippen LogP contribution is -2.41. The van der Waals surface area contributed by atoms with Gasteiger partial charge in [-0.15, -0.1) is 12.4 Å². The van der Waals surface area contributed by atoms with Crippen LogP contribution in [0.2, 0.25) is 0 Å². The Morgan fingerprint density at radius 3 is 2.31 bits per heavy atom. The standard InChI is InChI=1S/C18H24F2N4O.ClH/c1-12-5-7-13(8-6-12)24-9-14(15(23-24)17(2,3)4)16(25)22-11-18(19,20)10-21;/h5-9H,10-11,21H2,1-4H3,(H,22,25);1H. The van der Waals surface area contributed by atoms with Crippen LogP contribution < -0.4 is 11.1 Å². The van der Waals surface area contributed by atoms with E-state index in [9.17, 15) is 13.6 Å². The van der Waals surface area contributed by atoms with Crippen LogP contribution in [0, 0.1) is 6.92 Å². The molecule has 0 bridgehead atoms. The predicted molar refractivity (Wildman–Crippen MR) is 101 cm³/mol. The zero-order valence-corrected chi connectivity index (χ0v) is 16.2. The Morgan fingerprint density at radius 2 is 1.81 bits per heavy atom. The fourth-order valence-corrected chi connectivity index (χ4v) is 2.30. The fourth-order valence-electron chi connectivity index (χ4n) is 2.30. The van der Waals surface area contributed by atoms with Gasteiger partial charge in [0.25, 0.3) is 11.8 Å². The molecule has 1 amide bonds. The van der Waals surface area contributed by atoms with Crippen LogP contribution in [0.5, 0.6) is 0 Å². The monoisotopic (exact) mass is 386 g/mol. The van der Waals surface area contributed by atoms with E-state index < -0.39 is 30.3 Å². The van der Waals surface area contributed by atoms with Crippen molar-refractivity contribution in [2.45, 2.75) is 39.0 Å². The van der Waals surface area contributed by atoms with Gasteiger partial charge in [-0.2, -0.15) is 5.10 Å². The second kappa shape index (κ2) is 8.14. The molecule has 0 aliphatic carbocycles. The van der Waals surface area contributed by atoms with E-state index in [2.05, 4.69) is 10.4 Å². The van der Waals surface area contributed by atoms with Gasteiger partial charge in [-0.05, 0) is 19.1 Å². The van der Waals surface area contributed by atoms with Crippen molar-refractivity contribution in [1.29, 1.82) is 0 Å². The van der Waals surface area contributed by atoms with Gasteiger partial charge in [0.05, 0.1) is 30.0 Å². The highest BCUT2D eigenvalue weighted by Crippen LogP contribution is 2.26. The molecule has 0 saturated carbocycles. The van der Waals surface area contributed by atoms with Gasteiger partial charge in [0.1, 0.15) is 0 Å². The van der Waals surface area contributed by atoms with E-state index in [0.29, 0.717) is 5.69 Å². The predicted octanol–water partition coefficient (Wildman–Crippen LogP) is 3.22. The number of carbonyl (C=O) groups is 1. The Hall–Kier alpha value is -1.99. The summed E-state index contributed by atoms with van der Waals surface area (Å²) < 4.78 is 28.2. The first-order valence-electron chi connectivity index (χ1n) is 8.07. The molecule has 0 fully saturated rings. The third-order valence-electron chi connectivity index (χ3n) is 3.77. The average molecular weight is 387 g/mol. The molecule has 0 radical (unpaired) electrons. The lowest BCUT2D eigenvalue weighted by molar-refractivity contribution is 0.0118. The van der Waals surface area contributed by atoms with Crippen LogP contribution >= 0.6 is 12.4 Å². The van der Waals surface area contributed by atoms with E-state index in [-0.39, 0.29) is 18.0 Å². The molecule has 1 aromatic heterocycles. The largest absolute Gasteiger partial charge is 0.346 e. The molecule has 3 N–H and O–H groups in total. The number of rotatable bonds is 5. The van der Waals surface area contributed by atoms with Crippen molar-refractivity contribution in [2.75, 3.05) is 13.1 Å². The summed E-state index contributed by atoms with van der Waals surface area (Å²) in [5.41, 5.74) is 7.31. The maximum atomic E-state index is 13.3. The van der Waals surface area contributed by atoms with Crippen LogP contribution in [0.25, 0.3) is 5.69 Å². The van der Waals surface area contributed by atoms with Gasteiger partial charge in [0.15, 0.2) is 0 Å². The van der Waals surface area contributed by atoms with Gasteiger partial charge in [0.2, 0.25) is 0 Å². The van der Waals surface area contributed by atoms with Crippen LogP contribution in [0.1, 0.15) is 42.4 Å². The Balaban J connectivity index is 0.00000338. The molecule has 0 aliphatic rings. The molecule has 0 spiro atoms. The maximum absolute atomic E-state index is 13.3. The number of amides is 1. The van der Waals surface area contributed by atoms with E-state index in [0.717, 1.165) is 11.3 Å². The molecule has 0 atom stereocenters. The number of benzene rings is 1. The topological polar surface area (TPSA) is 72.9 Å². The van der Waals surface area contributed by atoms with E-state index in [1.54, 1.807) is 10.9 Å². The average Bonchev–Trinajstić information content (AvgIpc) is 2.99. The number of aromatic nitrogens is 2. The van der Waals surface area contributed by atoms with Crippen LogP contribution in [0.4, 0.5) is 8.78 Å². The summed E-state index contributed by atoms with van der Waals surface area (Å²) >= 11 is 0. The molecule has 0 saturated heterocycles. The second-order valence-corrected chi connectivity index (χ2v) is 7.16. The third-order valence-corrected chi connectivity index (χ3v) is 3.77. The van der Waals surface area contributed by atoms with Crippen LogP contribution in [0.3, 0.4) is 0 Å². The zero-order chi connectivity index (χ0) is 18.8. The van der Waals surface area contributed by atoms with Gasteiger partial charge in [-0.25, -0.2) is 13.5 Å². The number of alkyl halides is 2. The van der Waals surface area contributed by atoms with Gasteiger partial charge in [-0.3, -0.25) is 4.79 Å². The summed E-state index contributed by atoms with van der Waals surface area (Å²) in [5, 5.41) is 6.76. The molecule has 0 unspecified atom stereocenters. The molecule has 0 aliphatic heterocycles. The molecule has 1 heterocycles. The quantitative estimate of drug-likeness (QED) is 0.828. The number of carbonyl (C=O) groups excluding carboxylic acids is 1. The Labute approximate surface area is 158 Å². The first-order valence-corrected chi connectivity index (χ1v) is 8.07. The van der Waals surface area contributed by atoms with Gasteiger partial charge < -0.3 is 11.1 Å². The summed E-state index contributed by atoms with van der Waals surface area (Å²) in [7, 11) is 0. The normalized spacial score (nSPS) is 11.8. The minimum absolute atomic E-state index is 0. The number of nitrogens with zero attached hydrogens (tertiary/aromatic N) is 2. The summed E-state index contributed by atoms with van der Waals surface area (Å²) in [4.78, 5) is 12.4. The first-order chi connectivity index (χ1) is 11.5. The van der Waals surface area contributed by atoms with Crippen molar-refractivity contribution in [1.82, 2.24) is 15.1 Å². The van der Waals surface area contributed by atoms with Crippen LogP contribution in [0.15, 0.2) is 30.5 Å². The first kappa shape index (κ1) is 22.1. The molecule has 2 rings (SSSR count). The highest BCUT2D eigenvalue weighted by atomic mass is 35.5. The Kier molecular flexibility index (Phi) is 6.90. The Morgan fingerprint density at radius 1 is 1.23 bits per heavy atom. The minimum Gasteiger partial charge on any atom is -0.346 e. The zero-order valence-electron chi connectivity index (χ0n) is 15.3. The fraction of sp³-hybridized carbons (Fsp3) is 0.444. The molecule has 5 nitrogen and oxygen atoms in total. The maximum Gasteiger partial charge on any atom is 0.277 e. The number of nitrogens with two attached hydrogens (primary N) is 1. The smallest absolute Gasteiger partial charge is 0.277 e. The third kappa shape index (κ3) is 5.25. The number of hydrogen-bond acceptors (Lipinski definition) is 3. The molecule has 2 aromatic rings. The van der Waals surface area contributed by atoms with Crippen molar-refractivity contribution in [2.24, 2.45) is 5.73 Å². The van der Waals surface area contributed by atoms with E-state index in [4.69, 9.17) is 5.73 Å². The molecule has 1 aromatic carbocycles. The summed E-state index contributed by atoms with van der Waals surface area (Å²) in [6, 6.07) is 7.66. The van der Waals surface area contributed by atoms with Gasteiger partial charge >= 0.3 is 0 Å². The lowest BCUT2D eigenvalue weighted by Gasteiger charge is -2.18. The van der Waals surface area contributed by atoms with Gasteiger partial charge in [0, 0.05) is 11.6 Å². The number of halogens is 3. The highest BCUT2D eigenvalue weighted by molar-refractivity contribution is 5.95. The SMILES string of the molecule is Cc1ccc(-n2cc(C(=O)NCC(F)(F)CN)c(C(C)(C)C)n2)cc1.Cl. The summed E-state index contributed by atoms with van der Waals surface area (Å²) in [6.07, 6.45) is 1.57. The van der Waals surface area contributed by atoms with E-state index >= 15 is 0 Å². The van der Waals surface area contributed by atoms with Gasteiger partial charge in [-0.1, -0.05) is 38.5 Å². The summed E-state index contributed by atoms with van der Waals surface area (Å²) in [5.74, 6) is -3.72. The Bertz CT molecular complexity index is 752. The van der Waals surface area contributed by atoms with Crippen molar-refractivity contribution in [3.8, 4) is 5.69 Å². The molecule has 144 valence electrons. The number of nitrogens with one attached hydrogen (secondary N) is 1. The second-order valence-electron chi connectivity index (χ2n) is 7.16. The molecular weight excluding hydrogens is 362 g/mol. The van der Waals surface area contributed by atoms with Crippen molar-refractivity contribution < 1.29 is 13.6 Å². The van der Waals surface area contributed by atoms with E-state index in [1.807, 2.05) is 52.0 Å². The summed E-state index contributed by atoms with van der Waals surface area (Å²) in [6.45, 7) is 6.11. The van der Waals surface area contributed by atoms with Crippen LogP contribution in [-0.4, -0.2) is 34.7 Å². The number of hydrogen-bond donors (Lipinski definition) is 2. The van der Waals surface area contributed by atoms with Crippen molar-refractivity contribution in [3.63, 3.8) is 0 Å². The lowest BCUT2D eigenvalue weighted by atomic mass is 9.89. The van der Waals surface area contributed by atoms with Crippen molar-refractivity contribution in [3.05, 3.63) is 47.3 Å². The van der Waals surface area contributed by atoms with Crippen molar-refractivity contribution >= 4 is 18.3 Å². The minimum atomic E-state index is -3.13. The highest BCUT2D eigenvalue weighted by Gasteiger charge is 2.30. The van der Waals surface area contributed by atoms with Crippen LogP contribution in [-0.2, 0) is 5.41 Å². The number of aryl methyl sites for hydroxylation is 1. The molecule has 26 heavy (non-hydrogen) atoms.